The molecule has 2 unspecified atom stereocenters. The summed E-state index contributed by atoms with van der Waals surface area (Å²) in [7, 11) is -2.23. The van der Waals surface area contributed by atoms with Crippen molar-refractivity contribution >= 4 is 31.7 Å². The van der Waals surface area contributed by atoms with E-state index >= 15 is 0 Å². The molecule has 2 amide bonds. The van der Waals surface area contributed by atoms with E-state index in [0.29, 0.717) is 18.0 Å². The summed E-state index contributed by atoms with van der Waals surface area (Å²) in [5.74, 6) is -0.0581. The van der Waals surface area contributed by atoms with Gasteiger partial charge in [0.05, 0.1) is 4.92 Å². The third-order valence-corrected chi connectivity index (χ3v) is 9.54. The number of nitrogens with one attached hydrogen (secondary N) is 2. The average molecular weight is 542 g/mol. The van der Waals surface area contributed by atoms with Crippen LogP contribution < -0.4 is 10.6 Å². The molecule has 2 aromatic rings. The van der Waals surface area contributed by atoms with Crippen molar-refractivity contribution in [3.8, 4) is 0 Å². The predicted molar refractivity (Wildman–Crippen MR) is 155 cm³/mol. The summed E-state index contributed by atoms with van der Waals surface area (Å²) in [5, 5.41) is 16.7. The molecule has 0 aliphatic carbocycles. The number of benzene rings is 2. The van der Waals surface area contributed by atoms with E-state index in [-0.39, 0.29) is 28.8 Å². The van der Waals surface area contributed by atoms with Gasteiger partial charge in [-0.25, -0.2) is 4.79 Å². The number of nitrogens with zero attached hydrogens (tertiary/aromatic N) is 1. The number of hydrogen-bond donors (Lipinski definition) is 2. The van der Waals surface area contributed by atoms with Gasteiger partial charge in [0.15, 0.2) is 0 Å². The van der Waals surface area contributed by atoms with Crippen LogP contribution in [0.2, 0.25) is 19.1 Å². The summed E-state index contributed by atoms with van der Waals surface area (Å²) in [6, 6.07) is 14.4. The zero-order chi connectivity index (χ0) is 28.3. The molecule has 0 aromatic heterocycles. The Morgan fingerprint density at radius 3 is 2.34 bits per heavy atom. The highest BCUT2D eigenvalue weighted by molar-refractivity contribution is 6.72. The van der Waals surface area contributed by atoms with Gasteiger partial charge in [-0.15, -0.1) is 0 Å². The van der Waals surface area contributed by atoms with Crippen LogP contribution in [-0.4, -0.2) is 31.8 Å². The predicted octanol–water partition coefficient (Wildman–Crippen LogP) is 7.56. The maximum atomic E-state index is 12.8. The summed E-state index contributed by atoms with van der Waals surface area (Å²) in [4.78, 5) is 35.6. The SMILES string of the molecule is CCCCCC(C)(Cc1ccc(C(=O)Nc2ccccc2[N+](=O)[O-])cc1)C(C)C[Si](C)(C)OC(=O)NCC. The zero-order valence-electron chi connectivity index (χ0n) is 23.6. The minimum absolute atomic E-state index is 0.00153. The van der Waals surface area contributed by atoms with Crippen LogP contribution in [0.4, 0.5) is 16.2 Å². The smallest absolute Gasteiger partial charge is 0.393 e. The van der Waals surface area contributed by atoms with Gasteiger partial charge in [-0.3, -0.25) is 14.9 Å². The summed E-state index contributed by atoms with van der Waals surface area (Å²) in [6.45, 7) is 13.4. The number of carbonyl (C=O) groups is 2. The van der Waals surface area contributed by atoms with E-state index in [1.54, 1.807) is 24.3 Å². The van der Waals surface area contributed by atoms with Crippen LogP contribution in [0.1, 0.15) is 69.3 Å². The van der Waals surface area contributed by atoms with Gasteiger partial charge in [0.2, 0.25) is 0 Å². The molecule has 0 saturated carbocycles. The van der Waals surface area contributed by atoms with E-state index in [2.05, 4.69) is 44.5 Å². The van der Waals surface area contributed by atoms with E-state index in [0.717, 1.165) is 37.3 Å². The number of unbranched alkanes of at least 4 members (excludes halogenated alkanes) is 2. The minimum Gasteiger partial charge on any atom is -0.504 e. The van der Waals surface area contributed by atoms with Gasteiger partial charge in [0, 0.05) is 18.2 Å². The third kappa shape index (κ3) is 9.27. The molecular weight excluding hydrogens is 498 g/mol. The van der Waals surface area contributed by atoms with Gasteiger partial charge in [0.25, 0.3) is 19.9 Å². The molecule has 2 atom stereocenters. The molecule has 0 heterocycles. The second kappa shape index (κ2) is 14.1. The Hall–Kier alpha value is -3.20. The summed E-state index contributed by atoms with van der Waals surface area (Å²) in [5.41, 5.74) is 1.60. The fourth-order valence-electron chi connectivity index (χ4n) is 4.92. The lowest BCUT2D eigenvalue weighted by Gasteiger charge is -2.39. The van der Waals surface area contributed by atoms with Gasteiger partial charge >= 0.3 is 6.09 Å². The topological polar surface area (TPSA) is 111 Å². The van der Waals surface area contributed by atoms with Gasteiger partial charge in [-0.1, -0.05) is 64.3 Å². The maximum Gasteiger partial charge on any atom is 0.393 e. The quantitative estimate of drug-likeness (QED) is 0.111. The third-order valence-electron chi connectivity index (χ3n) is 7.20. The van der Waals surface area contributed by atoms with Crippen molar-refractivity contribution < 1.29 is 18.9 Å². The zero-order valence-corrected chi connectivity index (χ0v) is 24.6. The number of anilines is 1. The highest BCUT2D eigenvalue weighted by Crippen LogP contribution is 2.41. The molecule has 0 spiro atoms. The number of nitro groups is 1. The first-order valence-corrected chi connectivity index (χ1v) is 16.6. The van der Waals surface area contributed by atoms with Crippen LogP contribution in [0.15, 0.2) is 48.5 Å². The molecule has 0 bridgehead atoms. The van der Waals surface area contributed by atoms with Crippen LogP contribution in [0.25, 0.3) is 0 Å². The number of hydrogen-bond acceptors (Lipinski definition) is 5. The molecule has 0 saturated heterocycles. The van der Waals surface area contributed by atoms with E-state index in [1.165, 1.54) is 18.6 Å². The molecule has 8 nitrogen and oxygen atoms in total. The first kappa shape index (κ1) is 31.0. The second-order valence-electron chi connectivity index (χ2n) is 11.0. The van der Waals surface area contributed by atoms with Crippen LogP contribution in [0.3, 0.4) is 0 Å². The molecule has 0 fully saturated rings. The molecule has 208 valence electrons. The lowest BCUT2D eigenvalue weighted by atomic mass is 9.71. The Morgan fingerprint density at radius 1 is 1.08 bits per heavy atom. The number of nitro benzene ring substituents is 1. The molecule has 0 radical (unpaired) electrons. The van der Waals surface area contributed by atoms with Crippen molar-refractivity contribution in [3.05, 3.63) is 69.8 Å². The molecule has 38 heavy (non-hydrogen) atoms. The molecule has 9 heteroatoms. The lowest BCUT2D eigenvalue weighted by Crippen LogP contribution is -2.42. The lowest BCUT2D eigenvalue weighted by molar-refractivity contribution is -0.383. The van der Waals surface area contributed by atoms with E-state index in [4.69, 9.17) is 4.43 Å². The van der Waals surface area contributed by atoms with Crippen LogP contribution in [0, 0.1) is 21.4 Å². The monoisotopic (exact) mass is 541 g/mol. The standard InChI is InChI=1S/C29H43N3O5Si/c1-7-9-12-19-29(4,22(3)21-38(5,6)37-28(34)30-8-2)20-23-15-17-24(18-16-23)27(33)31-25-13-10-11-14-26(25)32(35)36/h10-11,13-18,22H,7-9,12,19-21H2,1-6H3,(H,30,34)(H,31,33). The molecular formula is C29H43N3O5Si. The average Bonchev–Trinajstić information content (AvgIpc) is 2.84. The number of amides is 2. The van der Waals surface area contributed by atoms with E-state index < -0.39 is 13.2 Å². The van der Waals surface area contributed by atoms with Crippen molar-refractivity contribution in [1.82, 2.24) is 5.32 Å². The van der Waals surface area contributed by atoms with Crippen molar-refractivity contribution in [3.63, 3.8) is 0 Å². The van der Waals surface area contributed by atoms with Crippen LogP contribution in [-0.2, 0) is 10.8 Å². The molecule has 0 aliphatic rings. The summed E-state index contributed by atoms with van der Waals surface area (Å²) < 4.78 is 5.84. The Morgan fingerprint density at radius 2 is 1.74 bits per heavy atom. The van der Waals surface area contributed by atoms with Crippen LogP contribution >= 0.6 is 0 Å². The molecule has 0 aliphatic heterocycles. The van der Waals surface area contributed by atoms with E-state index in [1.807, 2.05) is 19.1 Å². The fourth-order valence-corrected chi connectivity index (χ4v) is 7.54. The van der Waals surface area contributed by atoms with Crippen LogP contribution in [0.5, 0.6) is 0 Å². The van der Waals surface area contributed by atoms with Crippen molar-refractivity contribution in [2.24, 2.45) is 11.3 Å². The molecule has 2 aromatic carbocycles. The highest BCUT2D eigenvalue weighted by atomic mass is 28.4. The Balaban J connectivity index is 2.16. The first-order chi connectivity index (χ1) is 17.9. The Kier molecular flexibility index (Phi) is 11.5. The molecule has 2 rings (SSSR count). The van der Waals surface area contributed by atoms with Gasteiger partial charge < -0.3 is 15.1 Å². The van der Waals surface area contributed by atoms with Gasteiger partial charge in [0.1, 0.15) is 5.69 Å². The molecule has 2 N–H and O–H groups in total. The minimum atomic E-state index is -2.23. The Bertz CT molecular complexity index is 1090. The Labute approximate surface area is 227 Å². The van der Waals surface area contributed by atoms with Crippen molar-refractivity contribution in [1.29, 1.82) is 0 Å². The first-order valence-electron chi connectivity index (χ1n) is 13.5. The van der Waals surface area contributed by atoms with Crippen molar-refractivity contribution in [2.75, 3.05) is 11.9 Å². The summed E-state index contributed by atoms with van der Waals surface area (Å²) >= 11 is 0. The fraction of sp³-hybridized carbons (Fsp3) is 0.517. The number of carbonyl (C=O) groups excluding carboxylic acids is 2. The van der Waals surface area contributed by atoms with Gasteiger partial charge in [-0.2, -0.15) is 0 Å². The van der Waals surface area contributed by atoms with Gasteiger partial charge in [-0.05, 0) is 74.0 Å². The maximum absolute atomic E-state index is 12.8. The largest absolute Gasteiger partial charge is 0.504 e. The number of rotatable bonds is 14. The number of para-hydroxylation sites is 2. The van der Waals surface area contributed by atoms with Crippen molar-refractivity contribution in [2.45, 2.75) is 78.9 Å². The van der Waals surface area contributed by atoms with E-state index in [9.17, 15) is 19.7 Å². The second-order valence-corrected chi connectivity index (χ2v) is 15.1. The summed E-state index contributed by atoms with van der Waals surface area (Å²) in [6.07, 6.45) is 5.02. The normalized spacial score (nSPS) is 13.7. The highest BCUT2D eigenvalue weighted by Gasteiger charge is 2.38.